The van der Waals surface area contributed by atoms with Crippen molar-refractivity contribution in [3.05, 3.63) is 29.8 Å². The number of aryl methyl sites for hydroxylation is 1. The van der Waals surface area contributed by atoms with Gasteiger partial charge in [0.05, 0.1) is 6.07 Å². The Balaban J connectivity index is 1.90. The van der Waals surface area contributed by atoms with Gasteiger partial charge in [-0.15, -0.1) is 0 Å². The van der Waals surface area contributed by atoms with Crippen molar-refractivity contribution in [2.75, 3.05) is 12.4 Å². The standard InChI is InChI=1S/C17H23N3/c1-19-13-5-2-6-15-7-9-16(10-8-15)20-17(14-18)11-3-4-12-17/h7-10,13,20H,2-6,11-12H2,1H3/b19-13-. The number of hydrogen-bond acceptors (Lipinski definition) is 3. The predicted octanol–water partition coefficient (Wildman–Crippen LogP) is 3.96. The van der Waals surface area contributed by atoms with Crippen molar-refractivity contribution < 1.29 is 0 Å². The van der Waals surface area contributed by atoms with Gasteiger partial charge in [-0.2, -0.15) is 5.26 Å². The number of unbranched alkanes of at least 4 members (excludes halogenated alkanes) is 1. The van der Waals surface area contributed by atoms with Crippen LogP contribution in [0.25, 0.3) is 0 Å². The number of nitrogens with zero attached hydrogens (tertiary/aromatic N) is 2. The second-order valence-electron chi connectivity index (χ2n) is 5.56. The quantitative estimate of drug-likeness (QED) is 0.627. The van der Waals surface area contributed by atoms with Crippen molar-refractivity contribution in [3.8, 4) is 6.07 Å². The highest BCUT2D eigenvalue weighted by molar-refractivity contribution is 5.56. The van der Waals surface area contributed by atoms with E-state index in [-0.39, 0.29) is 5.54 Å². The number of aliphatic imine (C=N–C) groups is 1. The lowest BCUT2D eigenvalue weighted by Gasteiger charge is -2.23. The lowest BCUT2D eigenvalue weighted by Crippen LogP contribution is -2.32. The number of hydrogen-bond donors (Lipinski definition) is 1. The fourth-order valence-corrected chi connectivity index (χ4v) is 2.80. The Morgan fingerprint density at radius 2 is 2.00 bits per heavy atom. The van der Waals surface area contributed by atoms with E-state index >= 15 is 0 Å². The summed E-state index contributed by atoms with van der Waals surface area (Å²) < 4.78 is 0. The van der Waals surface area contributed by atoms with E-state index < -0.39 is 0 Å². The van der Waals surface area contributed by atoms with Crippen molar-refractivity contribution in [3.63, 3.8) is 0 Å². The molecule has 0 radical (unpaired) electrons. The third-order valence-electron chi connectivity index (χ3n) is 3.99. The van der Waals surface area contributed by atoms with Gasteiger partial charge in [0, 0.05) is 12.7 Å². The maximum absolute atomic E-state index is 9.37. The average Bonchev–Trinajstić information content (AvgIpc) is 2.94. The van der Waals surface area contributed by atoms with Crippen LogP contribution in [0.5, 0.6) is 0 Å². The van der Waals surface area contributed by atoms with Crippen LogP contribution in [0.4, 0.5) is 5.69 Å². The van der Waals surface area contributed by atoms with Crippen molar-refractivity contribution in [1.29, 1.82) is 5.26 Å². The van der Waals surface area contributed by atoms with Crippen LogP contribution in [0.3, 0.4) is 0 Å². The molecule has 0 heterocycles. The summed E-state index contributed by atoms with van der Waals surface area (Å²) in [5.74, 6) is 0. The molecule has 0 atom stereocenters. The van der Waals surface area contributed by atoms with Gasteiger partial charge in [-0.05, 0) is 68.9 Å². The number of rotatable bonds is 6. The molecule has 3 heteroatoms. The molecule has 0 amide bonds. The highest BCUT2D eigenvalue weighted by Gasteiger charge is 2.33. The van der Waals surface area contributed by atoms with E-state index in [1.165, 1.54) is 5.56 Å². The normalized spacial score (nSPS) is 17.2. The SMILES string of the molecule is C/N=C\CCCc1ccc(NC2(C#N)CCCC2)cc1. The zero-order valence-electron chi connectivity index (χ0n) is 12.2. The molecule has 20 heavy (non-hydrogen) atoms. The molecular formula is C17H23N3. The first-order chi connectivity index (χ1) is 9.78. The largest absolute Gasteiger partial charge is 0.367 e. The van der Waals surface area contributed by atoms with E-state index in [0.29, 0.717) is 0 Å². The lowest BCUT2D eigenvalue weighted by atomic mass is 9.99. The zero-order chi connectivity index (χ0) is 14.3. The highest BCUT2D eigenvalue weighted by Crippen LogP contribution is 2.32. The summed E-state index contributed by atoms with van der Waals surface area (Å²) in [6.45, 7) is 0. The summed E-state index contributed by atoms with van der Waals surface area (Å²) in [7, 11) is 1.81. The molecule has 0 spiro atoms. The summed E-state index contributed by atoms with van der Waals surface area (Å²) in [5, 5.41) is 12.8. The maximum Gasteiger partial charge on any atom is 0.125 e. The van der Waals surface area contributed by atoms with Crippen molar-refractivity contribution >= 4 is 11.9 Å². The molecule has 0 bridgehead atoms. The maximum atomic E-state index is 9.37. The minimum atomic E-state index is -0.334. The topological polar surface area (TPSA) is 48.2 Å². The van der Waals surface area contributed by atoms with Crippen LogP contribution in [-0.4, -0.2) is 18.8 Å². The van der Waals surface area contributed by atoms with E-state index in [4.69, 9.17) is 0 Å². The van der Waals surface area contributed by atoms with E-state index in [1.807, 2.05) is 13.3 Å². The summed E-state index contributed by atoms with van der Waals surface area (Å²) in [6, 6.07) is 11.0. The van der Waals surface area contributed by atoms with Crippen LogP contribution in [0, 0.1) is 11.3 Å². The second kappa shape index (κ2) is 7.09. The van der Waals surface area contributed by atoms with Gasteiger partial charge in [0.1, 0.15) is 5.54 Å². The molecule has 0 aromatic heterocycles. The molecule has 0 saturated heterocycles. The zero-order valence-corrected chi connectivity index (χ0v) is 12.2. The molecule has 1 fully saturated rings. The molecule has 0 aliphatic heterocycles. The Hall–Kier alpha value is -1.82. The summed E-state index contributed by atoms with van der Waals surface area (Å²) in [4.78, 5) is 3.99. The Kier molecular flexibility index (Phi) is 5.17. The van der Waals surface area contributed by atoms with Crippen molar-refractivity contribution in [2.45, 2.75) is 50.5 Å². The predicted molar refractivity (Wildman–Crippen MR) is 84.2 cm³/mol. The molecule has 1 aliphatic rings. The Morgan fingerprint density at radius 1 is 1.30 bits per heavy atom. The van der Waals surface area contributed by atoms with E-state index in [9.17, 15) is 5.26 Å². The fourth-order valence-electron chi connectivity index (χ4n) is 2.80. The number of benzene rings is 1. The Morgan fingerprint density at radius 3 is 2.60 bits per heavy atom. The third-order valence-corrected chi connectivity index (χ3v) is 3.99. The van der Waals surface area contributed by atoms with Gasteiger partial charge in [-0.1, -0.05) is 12.1 Å². The highest BCUT2D eigenvalue weighted by atomic mass is 15.0. The van der Waals surface area contributed by atoms with Crippen LogP contribution in [0.2, 0.25) is 0 Å². The van der Waals surface area contributed by atoms with Gasteiger partial charge in [0.2, 0.25) is 0 Å². The summed E-state index contributed by atoms with van der Waals surface area (Å²) in [5.41, 5.74) is 2.07. The number of nitrogens with one attached hydrogen (secondary N) is 1. The monoisotopic (exact) mass is 269 g/mol. The minimum Gasteiger partial charge on any atom is -0.367 e. The van der Waals surface area contributed by atoms with Gasteiger partial charge >= 0.3 is 0 Å². The first kappa shape index (κ1) is 14.6. The molecule has 1 aromatic carbocycles. The van der Waals surface area contributed by atoms with Crippen LogP contribution in [-0.2, 0) is 6.42 Å². The molecule has 2 rings (SSSR count). The summed E-state index contributed by atoms with van der Waals surface area (Å²) >= 11 is 0. The van der Waals surface area contributed by atoms with Crippen molar-refractivity contribution in [1.82, 2.24) is 0 Å². The first-order valence-electron chi connectivity index (χ1n) is 7.47. The second-order valence-corrected chi connectivity index (χ2v) is 5.56. The van der Waals surface area contributed by atoms with Gasteiger partial charge in [-0.3, -0.25) is 0 Å². The number of nitriles is 1. The Labute approximate surface area is 121 Å². The van der Waals surface area contributed by atoms with Crippen LogP contribution in [0.1, 0.15) is 44.1 Å². The first-order valence-corrected chi connectivity index (χ1v) is 7.47. The van der Waals surface area contributed by atoms with Gasteiger partial charge < -0.3 is 10.3 Å². The van der Waals surface area contributed by atoms with Crippen LogP contribution < -0.4 is 5.32 Å². The molecule has 3 nitrogen and oxygen atoms in total. The fraction of sp³-hybridized carbons (Fsp3) is 0.529. The van der Waals surface area contributed by atoms with Crippen LogP contribution >= 0.6 is 0 Å². The lowest BCUT2D eigenvalue weighted by molar-refractivity contribution is 0.613. The molecule has 106 valence electrons. The van der Waals surface area contributed by atoms with E-state index in [0.717, 1.165) is 50.6 Å². The Bertz CT molecular complexity index is 476. The molecule has 1 saturated carbocycles. The smallest absolute Gasteiger partial charge is 0.125 e. The molecular weight excluding hydrogens is 246 g/mol. The minimum absolute atomic E-state index is 0.334. The van der Waals surface area contributed by atoms with Gasteiger partial charge in [0.25, 0.3) is 0 Å². The van der Waals surface area contributed by atoms with E-state index in [2.05, 4.69) is 40.6 Å². The average molecular weight is 269 g/mol. The van der Waals surface area contributed by atoms with Gasteiger partial charge in [-0.25, -0.2) is 0 Å². The van der Waals surface area contributed by atoms with Crippen molar-refractivity contribution in [2.24, 2.45) is 4.99 Å². The van der Waals surface area contributed by atoms with Gasteiger partial charge in [0.15, 0.2) is 0 Å². The summed E-state index contributed by atoms with van der Waals surface area (Å²) in [6.07, 6.45) is 9.43. The van der Waals surface area contributed by atoms with E-state index in [1.54, 1.807) is 0 Å². The molecule has 1 N–H and O–H groups in total. The molecule has 1 aliphatic carbocycles. The third kappa shape index (κ3) is 3.84. The number of anilines is 1. The molecule has 1 aromatic rings. The molecule has 0 unspecified atom stereocenters. The van der Waals surface area contributed by atoms with Crippen LogP contribution in [0.15, 0.2) is 29.3 Å².